The molecule has 1 aromatic carbocycles. The van der Waals surface area contributed by atoms with Crippen molar-refractivity contribution in [1.82, 2.24) is 14.8 Å². The highest BCUT2D eigenvalue weighted by atomic mass is 32.1. The van der Waals surface area contributed by atoms with E-state index in [1.54, 1.807) is 11.3 Å². The van der Waals surface area contributed by atoms with E-state index in [-0.39, 0.29) is 18.0 Å². The van der Waals surface area contributed by atoms with Gasteiger partial charge in [0, 0.05) is 5.69 Å². The van der Waals surface area contributed by atoms with E-state index in [4.69, 9.17) is 0 Å². The maximum Gasteiger partial charge on any atom is 0.294 e. The van der Waals surface area contributed by atoms with Gasteiger partial charge in [0.25, 0.3) is 5.56 Å². The van der Waals surface area contributed by atoms with Crippen LogP contribution in [0.3, 0.4) is 0 Å². The highest BCUT2D eigenvalue weighted by Crippen LogP contribution is 2.32. The Morgan fingerprint density at radius 2 is 1.90 bits per heavy atom. The van der Waals surface area contributed by atoms with Crippen molar-refractivity contribution < 1.29 is 4.79 Å². The van der Waals surface area contributed by atoms with Crippen LogP contribution >= 0.6 is 22.7 Å². The molecule has 0 spiro atoms. The number of amides is 1. The number of nitrogens with one attached hydrogen (secondary N) is 1. The quantitative estimate of drug-likeness (QED) is 0.525. The zero-order valence-corrected chi connectivity index (χ0v) is 18.2. The van der Waals surface area contributed by atoms with E-state index in [1.165, 1.54) is 16.0 Å². The molecule has 4 aromatic rings. The summed E-state index contributed by atoms with van der Waals surface area (Å²) in [6.45, 7) is 7.63. The number of carbonyl (C=O) groups is 1. The first-order valence-electron chi connectivity index (χ1n) is 9.13. The van der Waals surface area contributed by atoms with Gasteiger partial charge in [-0.1, -0.05) is 23.8 Å². The molecule has 4 rings (SSSR count). The Kier molecular flexibility index (Phi) is 5.06. The molecular formula is C21H20N4O2S2. The second kappa shape index (κ2) is 7.53. The van der Waals surface area contributed by atoms with Crippen molar-refractivity contribution in [1.29, 1.82) is 0 Å². The average Bonchev–Trinajstić information content (AvgIpc) is 3.30. The number of benzene rings is 1. The van der Waals surface area contributed by atoms with Crippen molar-refractivity contribution in [2.24, 2.45) is 0 Å². The van der Waals surface area contributed by atoms with Crippen LogP contribution < -0.4 is 10.9 Å². The summed E-state index contributed by atoms with van der Waals surface area (Å²) in [6.07, 6.45) is 0. The number of nitrogens with zero attached hydrogens (tertiary/aromatic N) is 3. The summed E-state index contributed by atoms with van der Waals surface area (Å²) in [4.78, 5) is 31.0. The third-order valence-electron chi connectivity index (χ3n) is 4.60. The van der Waals surface area contributed by atoms with Gasteiger partial charge >= 0.3 is 0 Å². The maximum atomic E-state index is 12.9. The predicted octanol–water partition coefficient (Wildman–Crippen LogP) is 4.45. The molecule has 6 nitrogen and oxygen atoms in total. The first-order chi connectivity index (χ1) is 13.8. The smallest absolute Gasteiger partial charge is 0.294 e. The van der Waals surface area contributed by atoms with Crippen LogP contribution in [0, 0.1) is 27.7 Å². The molecule has 0 radical (unpaired) electrons. The summed E-state index contributed by atoms with van der Waals surface area (Å²) >= 11 is 2.99. The van der Waals surface area contributed by atoms with Crippen LogP contribution in [0.4, 0.5) is 5.69 Å². The Morgan fingerprint density at radius 3 is 2.55 bits per heavy atom. The Morgan fingerprint density at radius 1 is 1.17 bits per heavy atom. The summed E-state index contributed by atoms with van der Waals surface area (Å²) in [6, 6.07) is 7.93. The van der Waals surface area contributed by atoms with E-state index in [2.05, 4.69) is 15.4 Å². The molecule has 8 heteroatoms. The van der Waals surface area contributed by atoms with Gasteiger partial charge in [0.05, 0.1) is 14.6 Å². The van der Waals surface area contributed by atoms with Crippen LogP contribution in [-0.2, 0) is 11.3 Å². The molecule has 0 saturated carbocycles. The highest BCUT2D eigenvalue weighted by molar-refractivity contribution is 7.20. The Balaban J connectivity index is 1.72. The van der Waals surface area contributed by atoms with Crippen molar-refractivity contribution >= 4 is 44.5 Å². The largest absolute Gasteiger partial charge is 0.324 e. The molecule has 148 valence electrons. The minimum atomic E-state index is -0.350. The fraction of sp³-hybridized carbons (Fsp3) is 0.238. The molecule has 1 N–H and O–H groups in total. The normalized spacial score (nSPS) is 11.2. The van der Waals surface area contributed by atoms with Gasteiger partial charge in [0.1, 0.15) is 12.2 Å². The zero-order chi connectivity index (χ0) is 20.7. The lowest BCUT2D eigenvalue weighted by molar-refractivity contribution is -0.117. The standard InChI is InChI=1S/C21H20N4O2S2/c1-11-8-12(2)17(13(3)9-11)23-16(26)10-25-21(27)19-20(29-14(4)22-19)18(24-25)15-6-5-7-28-15/h5-9H,10H2,1-4H3,(H,23,26). The topological polar surface area (TPSA) is 76.9 Å². The molecule has 1 amide bonds. The van der Waals surface area contributed by atoms with Gasteiger partial charge in [0.15, 0.2) is 5.52 Å². The minimum Gasteiger partial charge on any atom is -0.324 e. The number of aryl methyl sites for hydroxylation is 4. The SMILES string of the molecule is Cc1cc(C)c(NC(=O)Cn2nc(-c3cccs3)c3sc(C)nc3c2=O)c(C)c1. The molecule has 29 heavy (non-hydrogen) atoms. The van der Waals surface area contributed by atoms with Gasteiger partial charge in [-0.3, -0.25) is 9.59 Å². The molecule has 0 unspecified atom stereocenters. The average molecular weight is 425 g/mol. The lowest BCUT2D eigenvalue weighted by atomic mass is 10.1. The number of fused-ring (bicyclic) bond motifs is 1. The number of thiazole rings is 1. The van der Waals surface area contributed by atoms with E-state index < -0.39 is 0 Å². The second-order valence-electron chi connectivity index (χ2n) is 7.02. The van der Waals surface area contributed by atoms with Gasteiger partial charge in [0.2, 0.25) is 5.91 Å². The molecule has 0 saturated heterocycles. The Bertz CT molecular complexity index is 1260. The zero-order valence-electron chi connectivity index (χ0n) is 16.6. The molecule has 0 bridgehead atoms. The van der Waals surface area contributed by atoms with Gasteiger partial charge in [-0.15, -0.1) is 22.7 Å². The summed E-state index contributed by atoms with van der Waals surface area (Å²) in [7, 11) is 0. The predicted molar refractivity (Wildman–Crippen MR) is 119 cm³/mol. The number of anilines is 1. The summed E-state index contributed by atoms with van der Waals surface area (Å²) < 4.78 is 1.97. The monoisotopic (exact) mass is 424 g/mol. The molecule has 0 fully saturated rings. The van der Waals surface area contributed by atoms with Crippen LogP contribution in [0.15, 0.2) is 34.4 Å². The molecule has 3 aromatic heterocycles. The number of rotatable bonds is 4. The van der Waals surface area contributed by atoms with Crippen LogP contribution in [-0.4, -0.2) is 20.7 Å². The van der Waals surface area contributed by atoms with Crippen molar-refractivity contribution in [2.75, 3.05) is 5.32 Å². The molecule has 0 aliphatic carbocycles. The van der Waals surface area contributed by atoms with Crippen molar-refractivity contribution in [3.8, 4) is 10.6 Å². The summed E-state index contributed by atoms with van der Waals surface area (Å²) in [5.41, 5.74) is 4.59. The Labute approximate surface area is 175 Å². The van der Waals surface area contributed by atoms with Gasteiger partial charge < -0.3 is 5.32 Å². The number of aromatic nitrogens is 3. The van der Waals surface area contributed by atoms with E-state index in [0.717, 1.165) is 37.0 Å². The molecule has 0 atom stereocenters. The number of thiophene rings is 1. The molecule has 0 aliphatic heterocycles. The van der Waals surface area contributed by atoms with E-state index in [1.807, 2.05) is 57.3 Å². The van der Waals surface area contributed by atoms with Gasteiger partial charge in [-0.25, -0.2) is 9.67 Å². The fourth-order valence-electron chi connectivity index (χ4n) is 3.44. The minimum absolute atomic E-state index is 0.170. The number of hydrogen-bond acceptors (Lipinski definition) is 6. The molecule has 3 heterocycles. The first kappa shape index (κ1) is 19.5. The Hall–Kier alpha value is -2.84. The van der Waals surface area contributed by atoms with Crippen LogP contribution in [0.1, 0.15) is 21.7 Å². The van der Waals surface area contributed by atoms with Gasteiger partial charge in [-0.2, -0.15) is 5.10 Å². The van der Waals surface area contributed by atoms with Crippen LogP contribution in [0.5, 0.6) is 0 Å². The lowest BCUT2D eigenvalue weighted by Gasteiger charge is -2.13. The van der Waals surface area contributed by atoms with Crippen LogP contribution in [0.25, 0.3) is 20.8 Å². The number of carbonyl (C=O) groups excluding carboxylic acids is 1. The highest BCUT2D eigenvalue weighted by Gasteiger charge is 2.19. The lowest BCUT2D eigenvalue weighted by Crippen LogP contribution is -2.30. The third kappa shape index (κ3) is 3.73. The van der Waals surface area contributed by atoms with Crippen molar-refractivity contribution in [3.05, 3.63) is 61.7 Å². The van der Waals surface area contributed by atoms with Crippen molar-refractivity contribution in [2.45, 2.75) is 34.2 Å². The van der Waals surface area contributed by atoms with Crippen molar-refractivity contribution in [3.63, 3.8) is 0 Å². The fourth-order valence-corrected chi connectivity index (χ4v) is 5.13. The maximum absolute atomic E-state index is 12.9. The van der Waals surface area contributed by atoms with Gasteiger partial charge in [-0.05, 0) is 50.3 Å². The number of hydrogen-bond donors (Lipinski definition) is 1. The third-order valence-corrected chi connectivity index (χ3v) is 6.45. The molecular weight excluding hydrogens is 404 g/mol. The first-order valence-corrected chi connectivity index (χ1v) is 10.8. The van der Waals surface area contributed by atoms with E-state index >= 15 is 0 Å². The summed E-state index contributed by atoms with van der Waals surface area (Å²) in [5.74, 6) is -0.293. The van der Waals surface area contributed by atoms with E-state index in [9.17, 15) is 9.59 Å². The second-order valence-corrected chi connectivity index (χ2v) is 9.17. The van der Waals surface area contributed by atoms with E-state index in [0.29, 0.717) is 11.2 Å². The summed E-state index contributed by atoms with van der Waals surface area (Å²) in [5, 5.41) is 10.2. The molecule has 0 aliphatic rings. The van der Waals surface area contributed by atoms with Crippen LogP contribution in [0.2, 0.25) is 0 Å².